The van der Waals surface area contributed by atoms with Crippen molar-refractivity contribution in [1.82, 2.24) is 10.6 Å². The second kappa shape index (κ2) is 9.77. The fraction of sp³-hybridized carbons (Fsp3) is 0.923. The van der Waals surface area contributed by atoms with Crippen LogP contribution in [0.4, 0.5) is 0 Å². The van der Waals surface area contributed by atoms with Gasteiger partial charge in [-0.2, -0.15) is 0 Å². The van der Waals surface area contributed by atoms with E-state index in [2.05, 4.69) is 22.5 Å². The van der Waals surface area contributed by atoms with E-state index in [1.165, 1.54) is 19.3 Å². The van der Waals surface area contributed by atoms with Gasteiger partial charge in [-0.3, -0.25) is 4.99 Å². The Labute approximate surface area is 132 Å². The van der Waals surface area contributed by atoms with Crippen molar-refractivity contribution in [3.05, 3.63) is 0 Å². The van der Waals surface area contributed by atoms with E-state index in [1.54, 1.807) is 0 Å². The first-order chi connectivity index (χ1) is 8.88. The Kier molecular flexibility index (Phi) is 8.72. The molecule has 2 N–H and O–H groups in total. The van der Waals surface area contributed by atoms with Gasteiger partial charge in [0.15, 0.2) is 5.96 Å². The number of aliphatic imine (C=N–C) groups is 1. The van der Waals surface area contributed by atoms with Gasteiger partial charge in [-0.25, -0.2) is 0 Å². The van der Waals surface area contributed by atoms with Gasteiger partial charge in [0.25, 0.3) is 0 Å². The van der Waals surface area contributed by atoms with Crippen LogP contribution in [0.5, 0.6) is 0 Å². The lowest BCUT2D eigenvalue weighted by molar-refractivity contribution is -0.0850. The van der Waals surface area contributed by atoms with Crippen LogP contribution in [0.1, 0.15) is 26.2 Å². The van der Waals surface area contributed by atoms with Gasteiger partial charge < -0.3 is 20.1 Å². The molecule has 1 aliphatic carbocycles. The van der Waals surface area contributed by atoms with E-state index in [4.69, 9.17) is 9.47 Å². The second-order valence-corrected chi connectivity index (χ2v) is 4.97. The summed E-state index contributed by atoms with van der Waals surface area (Å²) in [7, 11) is 0. The smallest absolute Gasteiger partial charge is 0.191 e. The second-order valence-electron chi connectivity index (χ2n) is 4.97. The van der Waals surface area contributed by atoms with Crippen LogP contribution in [0.2, 0.25) is 0 Å². The van der Waals surface area contributed by atoms with Crippen molar-refractivity contribution in [2.45, 2.75) is 32.3 Å². The molecule has 5 nitrogen and oxygen atoms in total. The van der Waals surface area contributed by atoms with Crippen LogP contribution in [0.15, 0.2) is 4.99 Å². The molecule has 1 heterocycles. The van der Waals surface area contributed by atoms with Crippen LogP contribution >= 0.6 is 24.0 Å². The quantitative estimate of drug-likeness (QED) is 0.428. The SMILES string of the molecule is CCNC(=NCC1CCC1)NCC1COCCO1.I. The van der Waals surface area contributed by atoms with Gasteiger partial charge in [0, 0.05) is 19.6 Å². The molecule has 19 heavy (non-hydrogen) atoms. The van der Waals surface area contributed by atoms with Crippen LogP contribution in [0.3, 0.4) is 0 Å². The highest BCUT2D eigenvalue weighted by Crippen LogP contribution is 2.26. The predicted octanol–water partition coefficient (Wildman–Crippen LogP) is 1.37. The van der Waals surface area contributed by atoms with Crippen LogP contribution in [0.25, 0.3) is 0 Å². The first-order valence-electron chi connectivity index (χ1n) is 7.10. The van der Waals surface area contributed by atoms with Gasteiger partial charge in [0.2, 0.25) is 0 Å². The molecule has 2 rings (SSSR count). The highest BCUT2D eigenvalue weighted by Gasteiger charge is 2.17. The molecular formula is C13H26IN3O2. The molecular weight excluding hydrogens is 357 g/mol. The molecule has 6 heteroatoms. The average Bonchev–Trinajstić information content (AvgIpc) is 2.35. The molecule has 0 spiro atoms. The van der Waals surface area contributed by atoms with Crippen molar-refractivity contribution in [2.75, 3.05) is 39.5 Å². The Hall–Kier alpha value is -0.0800. The summed E-state index contributed by atoms with van der Waals surface area (Å²) >= 11 is 0. The van der Waals surface area contributed by atoms with Crippen molar-refractivity contribution in [3.63, 3.8) is 0 Å². The van der Waals surface area contributed by atoms with Crippen molar-refractivity contribution in [2.24, 2.45) is 10.9 Å². The zero-order chi connectivity index (χ0) is 12.6. The predicted molar refractivity (Wildman–Crippen MR) is 87.3 cm³/mol. The van der Waals surface area contributed by atoms with E-state index < -0.39 is 0 Å². The fourth-order valence-electron chi connectivity index (χ4n) is 2.10. The van der Waals surface area contributed by atoms with Gasteiger partial charge in [0.05, 0.1) is 25.9 Å². The van der Waals surface area contributed by atoms with Crippen molar-refractivity contribution in [3.8, 4) is 0 Å². The number of guanidine groups is 1. The minimum absolute atomic E-state index is 0. The summed E-state index contributed by atoms with van der Waals surface area (Å²) < 4.78 is 11.0. The van der Waals surface area contributed by atoms with Crippen LogP contribution < -0.4 is 10.6 Å². The molecule has 0 aromatic carbocycles. The number of hydrogen-bond acceptors (Lipinski definition) is 3. The Morgan fingerprint density at radius 3 is 2.68 bits per heavy atom. The topological polar surface area (TPSA) is 54.9 Å². The molecule has 2 fully saturated rings. The zero-order valence-corrected chi connectivity index (χ0v) is 14.0. The molecule has 0 aromatic rings. The van der Waals surface area contributed by atoms with E-state index in [9.17, 15) is 0 Å². The molecule has 1 aliphatic heterocycles. The summed E-state index contributed by atoms with van der Waals surface area (Å²) in [6, 6.07) is 0. The van der Waals surface area contributed by atoms with Crippen LogP contribution in [-0.2, 0) is 9.47 Å². The van der Waals surface area contributed by atoms with Crippen molar-refractivity contribution >= 4 is 29.9 Å². The van der Waals surface area contributed by atoms with Crippen molar-refractivity contribution < 1.29 is 9.47 Å². The normalized spacial score (nSPS) is 24.3. The number of rotatable bonds is 5. The lowest BCUT2D eigenvalue weighted by Gasteiger charge is -2.25. The van der Waals surface area contributed by atoms with Gasteiger partial charge in [-0.15, -0.1) is 24.0 Å². The number of nitrogens with zero attached hydrogens (tertiary/aromatic N) is 1. The number of halogens is 1. The Balaban J connectivity index is 0.00000180. The number of nitrogens with one attached hydrogen (secondary N) is 2. The molecule has 0 aromatic heterocycles. The summed E-state index contributed by atoms with van der Waals surface area (Å²) in [5, 5.41) is 6.60. The lowest BCUT2D eigenvalue weighted by atomic mass is 9.86. The summed E-state index contributed by atoms with van der Waals surface area (Å²) in [5.74, 6) is 1.70. The maximum atomic E-state index is 5.59. The first kappa shape index (κ1) is 17.0. The molecule has 2 aliphatic rings. The zero-order valence-electron chi connectivity index (χ0n) is 11.7. The molecule has 1 saturated carbocycles. The van der Waals surface area contributed by atoms with Crippen molar-refractivity contribution in [1.29, 1.82) is 0 Å². The number of ether oxygens (including phenoxy) is 2. The molecule has 1 saturated heterocycles. The van der Waals surface area contributed by atoms with E-state index in [0.717, 1.165) is 31.5 Å². The monoisotopic (exact) mass is 383 g/mol. The molecule has 1 unspecified atom stereocenters. The Morgan fingerprint density at radius 2 is 2.11 bits per heavy atom. The first-order valence-corrected chi connectivity index (χ1v) is 7.10. The van der Waals surface area contributed by atoms with Crippen LogP contribution in [-0.4, -0.2) is 51.5 Å². The molecule has 0 radical (unpaired) electrons. The van der Waals surface area contributed by atoms with E-state index in [1.807, 2.05) is 0 Å². The third-order valence-electron chi connectivity index (χ3n) is 3.46. The lowest BCUT2D eigenvalue weighted by Crippen LogP contribution is -2.44. The molecule has 1 atom stereocenters. The summed E-state index contributed by atoms with van der Waals surface area (Å²) in [6.07, 6.45) is 4.19. The van der Waals surface area contributed by atoms with E-state index in [0.29, 0.717) is 19.8 Å². The van der Waals surface area contributed by atoms with Crippen LogP contribution in [0, 0.1) is 5.92 Å². The Morgan fingerprint density at radius 1 is 1.26 bits per heavy atom. The summed E-state index contributed by atoms with van der Waals surface area (Å²) in [6.45, 7) is 6.76. The minimum atomic E-state index is 0. The van der Waals surface area contributed by atoms with Gasteiger partial charge in [0.1, 0.15) is 0 Å². The largest absolute Gasteiger partial charge is 0.376 e. The minimum Gasteiger partial charge on any atom is -0.376 e. The highest BCUT2D eigenvalue weighted by atomic mass is 127. The third-order valence-corrected chi connectivity index (χ3v) is 3.46. The fourth-order valence-corrected chi connectivity index (χ4v) is 2.10. The molecule has 0 amide bonds. The van der Waals surface area contributed by atoms with E-state index in [-0.39, 0.29) is 30.1 Å². The third kappa shape index (κ3) is 6.27. The standard InChI is InChI=1S/C13H25N3O2.HI/c1-2-14-13(15-8-11-4-3-5-11)16-9-12-10-17-6-7-18-12;/h11-12H,2-10H2,1H3,(H2,14,15,16);1H. The average molecular weight is 383 g/mol. The van der Waals surface area contributed by atoms with Gasteiger partial charge >= 0.3 is 0 Å². The maximum absolute atomic E-state index is 5.59. The highest BCUT2D eigenvalue weighted by molar-refractivity contribution is 14.0. The maximum Gasteiger partial charge on any atom is 0.191 e. The summed E-state index contributed by atoms with van der Waals surface area (Å²) in [5.41, 5.74) is 0. The molecule has 0 bridgehead atoms. The number of hydrogen-bond donors (Lipinski definition) is 2. The summed E-state index contributed by atoms with van der Waals surface area (Å²) in [4.78, 5) is 4.62. The Bertz CT molecular complexity index is 267. The van der Waals surface area contributed by atoms with Gasteiger partial charge in [-0.05, 0) is 25.7 Å². The van der Waals surface area contributed by atoms with E-state index >= 15 is 0 Å². The van der Waals surface area contributed by atoms with Gasteiger partial charge in [-0.1, -0.05) is 6.42 Å². The molecule has 112 valence electrons.